The zero-order valence-corrected chi connectivity index (χ0v) is 19.4. The number of carbonyl (C=O) groups is 1. The maximum atomic E-state index is 12.5. The molecule has 2 unspecified atom stereocenters. The van der Waals surface area contributed by atoms with E-state index in [4.69, 9.17) is 4.74 Å². The molecule has 5 heteroatoms. The number of carbonyl (C=O) groups excluding carboxylic acids is 1. The van der Waals surface area contributed by atoms with E-state index in [1.165, 1.54) is 16.3 Å². The maximum Gasteiger partial charge on any atom is 0.434 e. The summed E-state index contributed by atoms with van der Waals surface area (Å²) in [5, 5.41) is 16.8. The summed E-state index contributed by atoms with van der Waals surface area (Å²) in [6, 6.07) is 24.4. The third-order valence-corrected chi connectivity index (χ3v) is 5.61. The Morgan fingerprint density at radius 3 is 2.38 bits per heavy atom. The van der Waals surface area contributed by atoms with Gasteiger partial charge in [0.15, 0.2) is 0 Å². The van der Waals surface area contributed by atoms with E-state index in [1.54, 1.807) is 0 Å². The highest BCUT2D eigenvalue weighted by Gasteiger charge is 2.31. The molecule has 2 N–H and O–H groups in total. The fourth-order valence-electron chi connectivity index (χ4n) is 3.91. The molecule has 3 aromatic rings. The Morgan fingerprint density at radius 1 is 1.00 bits per heavy atom. The van der Waals surface area contributed by atoms with Gasteiger partial charge in [-0.05, 0) is 41.8 Å². The molecule has 0 bridgehead atoms. The molecule has 0 fully saturated rings. The molecule has 3 aromatic carbocycles. The molecule has 2 atom stereocenters. The molecule has 5 nitrogen and oxygen atoms in total. The van der Waals surface area contributed by atoms with Crippen molar-refractivity contribution >= 4 is 16.9 Å². The molecule has 170 valence electrons. The third kappa shape index (κ3) is 6.09. The largest absolute Gasteiger partial charge is 0.439 e. The average Bonchev–Trinajstić information content (AvgIpc) is 2.79. The first-order chi connectivity index (χ1) is 15.3. The van der Waals surface area contributed by atoms with Crippen molar-refractivity contribution in [3.05, 3.63) is 83.9 Å². The molecular weight excluding hydrogens is 400 g/mol. The number of fused-ring (bicyclic) bond motifs is 1. The van der Waals surface area contributed by atoms with E-state index in [0.29, 0.717) is 18.0 Å². The van der Waals surface area contributed by atoms with Crippen LogP contribution in [0.25, 0.3) is 10.8 Å². The van der Waals surface area contributed by atoms with Crippen LogP contribution in [0.5, 0.6) is 0 Å². The summed E-state index contributed by atoms with van der Waals surface area (Å²) in [5.74, 6) is 0. The zero-order valence-electron chi connectivity index (χ0n) is 19.4. The predicted molar refractivity (Wildman–Crippen MR) is 129 cm³/mol. The van der Waals surface area contributed by atoms with E-state index in [2.05, 4.69) is 42.6 Å². The monoisotopic (exact) mass is 434 g/mol. The Kier molecular flexibility index (Phi) is 7.89. The molecule has 0 radical (unpaired) electrons. The first-order valence-corrected chi connectivity index (χ1v) is 11.2. The van der Waals surface area contributed by atoms with Crippen LogP contribution < -0.4 is 5.32 Å². The lowest BCUT2D eigenvalue weighted by atomic mass is 9.84. The van der Waals surface area contributed by atoms with Crippen LogP contribution in [0.3, 0.4) is 0 Å². The van der Waals surface area contributed by atoms with Crippen LogP contribution >= 0.6 is 0 Å². The summed E-state index contributed by atoms with van der Waals surface area (Å²) in [6.45, 7) is 9.02. The SMILES string of the molecule is CC(NCCCN(O)C(=O)OC(c1ccccc1)C(C)(C)C)c1cccc2ccccc12. The van der Waals surface area contributed by atoms with E-state index in [9.17, 15) is 10.0 Å². The molecule has 0 aliphatic carbocycles. The highest BCUT2D eigenvalue weighted by atomic mass is 16.6. The Balaban J connectivity index is 1.50. The van der Waals surface area contributed by atoms with Crippen LogP contribution in [-0.4, -0.2) is 29.5 Å². The lowest BCUT2D eigenvalue weighted by molar-refractivity contribution is -0.0960. The number of rotatable bonds is 8. The van der Waals surface area contributed by atoms with Gasteiger partial charge in [0.1, 0.15) is 6.10 Å². The number of hydroxylamine groups is 2. The highest BCUT2D eigenvalue weighted by molar-refractivity contribution is 5.86. The van der Waals surface area contributed by atoms with Crippen LogP contribution in [0, 0.1) is 5.41 Å². The number of nitrogens with zero attached hydrogens (tertiary/aromatic N) is 1. The van der Waals surface area contributed by atoms with Crippen molar-refractivity contribution in [2.75, 3.05) is 13.1 Å². The number of hydrogen-bond donors (Lipinski definition) is 2. The van der Waals surface area contributed by atoms with Gasteiger partial charge in [-0.25, -0.2) is 4.79 Å². The predicted octanol–water partition coefficient (Wildman–Crippen LogP) is 6.50. The minimum absolute atomic E-state index is 0.156. The van der Waals surface area contributed by atoms with Crippen LogP contribution in [0.1, 0.15) is 57.4 Å². The second-order valence-electron chi connectivity index (χ2n) is 9.26. The van der Waals surface area contributed by atoms with E-state index in [0.717, 1.165) is 5.56 Å². The first-order valence-electron chi connectivity index (χ1n) is 11.2. The van der Waals surface area contributed by atoms with Crippen LogP contribution in [-0.2, 0) is 4.74 Å². The van der Waals surface area contributed by atoms with Gasteiger partial charge in [-0.2, -0.15) is 5.06 Å². The number of nitrogens with one attached hydrogen (secondary N) is 1. The van der Waals surface area contributed by atoms with Crippen LogP contribution in [0.15, 0.2) is 72.8 Å². The summed E-state index contributed by atoms with van der Waals surface area (Å²) in [4.78, 5) is 12.5. The van der Waals surface area contributed by atoms with E-state index >= 15 is 0 Å². The van der Waals surface area contributed by atoms with Crippen molar-refractivity contribution in [3.8, 4) is 0 Å². The van der Waals surface area contributed by atoms with Crippen molar-refractivity contribution in [3.63, 3.8) is 0 Å². The Hall–Kier alpha value is -2.89. The smallest absolute Gasteiger partial charge is 0.434 e. The molecule has 0 heterocycles. The van der Waals surface area contributed by atoms with Crippen molar-refractivity contribution in [1.29, 1.82) is 0 Å². The van der Waals surface area contributed by atoms with Gasteiger partial charge in [0.2, 0.25) is 0 Å². The number of amides is 1. The summed E-state index contributed by atoms with van der Waals surface area (Å²) in [7, 11) is 0. The van der Waals surface area contributed by atoms with Gasteiger partial charge in [0.05, 0.1) is 6.54 Å². The lowest BCUT2D eigenvalue weighted by Gasteiger charge is -2.31. The second-order valence-corrected chi connectivity index (χ2v) is 9.26. The summed E-state index contributed by atoms with van der Waals surface area (Å²) >= 11 is 0. The van der Waals surface area contributed by atoms with Crippen LogP contribution in [0.4, 0.5) is 4.79 Å². The third-order valence-electron chi connectivity index (χ3n) is 5.61. The fraction of sp³-hybridized carbons (Fsp3) is 0.370. The number of ether oxygens (including phenoxy) is 1. The quantitative estimate of drug-likeness (QED) is 0.241. The Morgan fingerprint density at radius 2 is 1.66 bits per heavy atom. The Labute approximate surface area is 191 Å². The van der Waals surface area contributed by atoms with Gasteiger partial charge < -0.3 is 10.1 Å². The molecule has 0 saturated heterocycles. The molecular formula is C27H34N2O3. The highest BCUT2D eigenvalue weighted by Crippen LogP contribution is 2.36. The molecule has 0 saturated carbocycles. The van der Waals surface area contributed by atoms with Gasteiger partial charge in [0, 0.05) is 11.5 Å². The molecule has 32 heavy (non-hydrogen) atoms. The fourth-order valence-corrected chi connectivity index (χ4v) is 3.91. The normalized spacial score (nSPS) is 13.5. The van der Waals surface area contributed by atoms with Gasteiger partial charge in [-0.15, -0.1) is 0 Å². The summed E-state index contributed by atoms with van der Waals surface area (Å²) in [6.07, 6.45) is -0.571. The van der Waals surface area contributed by atoms with Gasteiger partial charge >= 0.3 is 6.09 Å². The van der Waals surface area contributed by atoms with Gasteiger partial charge in [-0.3, -0.25) is 5.21 Å². The average molecular weight is 435 g/mol. The molecule has 3 rings (SSSR count). The number of benzene rings is 3. The van der Waals surface area contributed by atoms with Crippen molar-refractivity contribution in [1.82, 2.24) is 10.4 Å². The minimum Gasteiger partial charge on any atom is -0.439 e. The molecule has 0 aliphatic heterocycles. The van der Waals surface area contributed by atoms with E-state index in [-0.39, 0.29) is 18.0 Å². The van der Waals surface area contributed by atoms with Crippen molar-refractivity contribution in [2.45, 2.75) is 46.3 Å². The van der Waals surface area contributed by atoms with Crippen molar-refractivity contribution in [2.24, 2.45) is 5.41 Å². The standard InChI is InChI=1S/C27H34N2O3/c1-20(23-17-10-15-21-12-8-9-16-24(21)23)28-18-11-19-29(31)26(30)32-25(27(2,3)4)22-13-6-5-7-14-22/h5-10,12-17,20,25,28,31H,11,18-19H2,1-4H3. The van der Waals surface area contributed by atoms with Gasteiger partial charge in [-0.1, -0.05) is 93.6 Å². The Bertz CT molecular complexity index is 1010. The molecule has 1 amide bonds. The first kappa shape index (κ1) is 23.8. The summed E-state index contributed by atoms with van der Waals surface area (Å²) < 4.78 is 5.68. The van der Waals surface area contributed by atoms with Crippen molar-refractivity contribution < 1.29 is 14.7 Å². The zero-order chi connectivity index (χ0) is 23.1. The lowest BCUT2D eigenvalue weighted by Crippen LogP contribution is -2.34. The van der Waals surface area contributed by atoms with E-state index in [1.807, 2.05) is 63.2 Å². The van der Waals surface area contributed by atoms with E-state index < -0.39 is 12.2 Å². The minimum atomic E-state index is -0.726. The molecule has 0 aromatic heterocycles. The van der Waals surface area contributed by atoms with Crippen LogP contribution in [0.2, 0.25) is 0 Å². The topological polar surface area (TPSA) is 61.8 Å². The number of hydrogen-bond acceptors (Lipinski definition) is 4. The summed E-state index contributed by atoms with van der Waals surface area (Å²) in [5.41, 5.74) is 1.85. The molecule has 0 aliphatic rings. The molecule has 0 spiro atoms. The maximum absolute atomic E-state index is 12.5. The second kappa shape index (κ2) is 10.6. The van der Waals surface area contributed by atoms with Gasteiger partial charge in [0.25, 0.3) is 0 Å².